The van der Waals surface area contributed by atoms with Crippen LogP contribution in [0.25, 0.3) is 11.0 Å². The Morgan fingerprint density at radius 1 is 1.21 bits per heavy atom. The molecule has 1 aliphatic rings. The van der Waals surface area contributed by atoms with Gasteiger partial charge in [-0.15, -0.1) is 0 Å². The van der Waals surface area contributed by atoms with E-state index in [0.29, 0.717) is 13.1 Å². The lowest BCUT2D eigenvalue weighted by Gasteiger charge is -2.31. The van der Waals surface area contributed by atoms with E-state index in [9.17, 15) is 9.18 Å². The van der Waals surface area contributed by atoms with Gasteiger partial charge in [0.05, 0.1) is 11.0 Å². The lowest BCUT2D eigenvalue weighted by Crippen LogP contribution is -2.40. The van der Waals surface area contributed by atoms with Crippen LogP contribution in [0.15, 0.2) is 42.5 Å². The van der Waals surface area contributed by atoms with E-state index >= 15 is 0 Å². The van der Waals surface area contributed by atoms with Gasteiger partial charge in [0, 0.05) is 19.0 Å². The standard InChI is InChI=1S/C22H24FN3O2/c1-2-15-3-6-18(7-4-15)28-14-21(27)26-11-9-16(10-12-26)22-24-19-8-5-17(23)13-20(19)25-22/h3-8,13,16H,2,9-12,14H2,1H3,(H,24,25). The number of benzene rings is 2. The molecular weight excluding hydrogens is 357 g/mol. The van der Waals surface area contributed by atoms with Crippen molar-refractivity contribution in [1.29, 1.82) is 0 Å². The summed E-state index contributed by atoms with van der Waals surface area (Å²) in [5.74, 6) is 1.58. The van der Waals surface area contributed by atoms with Crippen LogP contribution in [0.3, 0.4) is 0 Å². The Morgan fingerprint density at radius 3 is 2.68 bits per heavy atom. The first-order chi connectivity index (χ1) is 13.6. The van der Waals surface area contributed by atoms with E-state index in [1.165, 1.54) is 17.7 Å². The lowest BCUT2D eigenvalue weighted by molar-refractivity contribution is -0.134. The molecule has 0 radical (unpaired) electrons. The minimum absolute atomic E-state index is 0.00435. The lowest BCUT2D eigenvalue weighted by atomic mass is 9.96. The molecule has 0 atom stereocenters. The molecular formula is C22H24FN3O2. The van der Waals surface area contributed by atoms with Gasteiger partial charge in [-0.2, -0.15) is 0 Å². The normalized spacial score (nSPS) is 15.1. The number of imidazole rings is 1. The number of ether oxygens (including phenoxy) is 1. The van der Waals surface area contributed by atoms with E-state index in [1.807, 2.05) is 29.2 Å². The quantitative estimate of drug-likeness (QED) is 0.725. The molecule has 1 aliphatic heterocycles. The minimum atomic E-state index is -0.271. The van der Waals surface area contributed by atoms with Gasteiger partial charge < -0.3 is 14.6 Å². The number of amides is 1. The van der Waals surface area contributed by atoms with Gasteiger partial charge in [-0.25, -0.2) is 9.37 Å². The largest absolute Gasteiger partial charge is 0.484 e. The minimum Gasteiger partial charge on any atom is -0.484 e. The molecule has 1 fully saturated rings. The van der Waals surface area contributed by atoms with Crippen LogP contribution in [0.4, 0.5) is 4.39 Å². The van der Waals surface area contributed by atoms with Gasteiger partial charge in [-0.3, -0.25) is 4.79 Å². The van der Waals surface area contributed by atoms with Crippen LogP contribution >= 0.6 is 0 Å². The van der Waals surface area contributed by atoms with Crippen molar-refractivity contribution < 1.29 is 13.9 Å². The number of nitrogens with one attached hydrogen (secondary N) is 1. The first-order valence-corrected chi connectivity index (χ1v) is 9.77. The number of carbonyl (C=O) groups is 1. The van der Waals surface area contributed by atoms with Gasteiger partial charge in [-0.05, 0) is 55.2 Å². The summed E-state index contributed by atoms with van der Waals surface area (Å²) >= 11 is 0. The van der Waals surface area contributed by atoms with Crippen molar-refractivity contribution in [3.05, 3.63) is 59.7 Å². The number of aryl methyl sites for hydroxylation is 1. The molecule has 0 spiro atoms. The number of carbonyl (C=O) groups excluding carboxylic acids is 1. The van der Waals surface area contributed by atoms with Crippen molar-refractivity contribution in [2.24, 2.45) is 0 Å². The maximum atomic E-state index is 13.4. The van der Waals surface area contributed by atoms with Gasteiger partial charge in [-0.1, -0.05) is 19.1 Å². The Morgan fingerprint density at radius 2 is 1.96 bits per heavy atom. The highest BCUT2D eigenvalue weighted by Crippen LogP contribution is 2.28. The predicted octanol–water partition coefficient (Wildman–Crippen LogP) is 4.05. The SMILES string of the molecule is CCc1ccc(OCC(=O)N2CCC(c3nc4ccc(F)cc4[nH]3)CC2)cc1. The fraction of sp³-hybridized carbons (Fsp3) is 0.364. The monoisotopic (exact) mass is 381 g/mol. The molecule has 3 aromatic rings. The predicted molar refractivity (Wildman–Crippen MR) is 106 cm³/mol. The highest BCUT2D eigenvalue weighted by molar-refractivity contribution is 5.78. The van der Waals surface area contributed by atoms with E-state index in [1.54, 1.807) is 6.07 Å². The molecule has 1 aromatic heterocycles. The van der Waals surface area contributed by atoms with E-state index in [2.05, 4.69) is 16.9 Å². The molecule has 6 heteroatoms. The number of fused-ring (bicyclic) bond motifs is 1. The molecule has 1 amide bonds. The Hall–Kier alpha value is -2.89. The average molecular weight is 381 g/mol. The molecule has 146 valence electrons. The number of aromatic nitrogens is 2. The summed E-state index contributed by atoms with van der Waals surface area (Å²) < 4.78 is 19.0. The number of hydrogen-bond acceptors (Lipinski definition) is 3. The molecule has 5 nitrogen and oxygen atoms in total. The molecule has 2 aromatic carbocycles. The van der Waals surface area contributed by atoms with Crippen LogP contribution in [0.2, 0.25) is 0 Å². The van der Waals surface area contributed by atoms with Crippen molar-refractivity contribution >= 4 is 16.9 Å². The number of nitrogens with zero attached hydrogens (tertiary/aromatic N) is 2. The summed E-state index contributed by atoms with van der Waals surface area (Å²) in [6.45, 7) is 3.51. The average Bonchev–Trinajstić information content (AvgIpc) is 3.15. The smallest absolute Gasteiger partial charge is 0.260 e. The Bertz CT molecular complexity index is 960. The Labute approximate surface area is 163 Å². The van der Waals surface area contributed by atoms with Crippen molar-refractivity contribution in [1.82, 2.24) is 14.9 Å². The van der Waals surface area contributed by atoms with Crippen molar-refractivity contribution in [3.63, 3.8) is 0 Å². The van der Waals surface area contributed by atoms with Crippen LogP contribution in [-0.4, -0.2) is 40.5 Å². The Kier molecular flexibility index (Phi) is 5.28. The van der Waals surface area contributed by atoms with E-state index < -0.39 is 0 Å². The second-order valence-electron chi connectivity index (χ2n) is 7.22. The molecule has 28 heavy (non-hydrogen) atoms. The Balaban J connectivity index is 1.30. The molecule has 2 heterocycles. The summed E-state index contributed by atoms with van der Waals surface area (Å²) in [6, 6.07) is 12.4. The number of piperidine rings is 1. The fourth-order valence-corrected chi connectivity index (χ4v) is 3.65. The van der Waals surface area contributed by atoms with Crippen molar-refractivity contribution in [3.8, 4) is 5.75 Å². The van der Waals surface area contributed by atoms with Crippen molar-refractivity contribution in [2.75, 3.05) is 19.7 Å². The summed E-state index contributed by atoms with van der Waals surface area (Å²) in [6.07, 6.45) is 2.65. The third-order valence-electron chi connectivity index (χ3n) is 5.39. The number of likely N-dealkylation sites (tertiary alicyclic amines) is 1. The first kappa shape index (κ1) is 18.5. The molecule has 0 bridgehead atoms. The summed E-state index contributed by atoms with van der Waals surface area (Å²) in [4.78, 5) is 22.1. The van der Waals surface area contributed by atoms with E-state index in [4.69, 9.17) is 4.74 Å². The van der Waals surface area contributed by atoms with Crippen LogP contribution in [0, 0.1) is 5.82 Å². The number of H-pyrrole nitrogens is 1. The topological polar surface area (TPSA) is 58.2 Å². The van der Waals surface area contributed by atoms with Gasteiger partial charge >= 0.3 is 0 Å². The third kappa shape index (κ3) is 4.01. The van der Waals surface area contributed by atoms with Gasteiger partial charge in [0.2, 0.25) is 0 Å². The summed E-state index contributed by atoms with van der Waals surface area (Å²) in [5.41, 5.74) is 2.74. The van der Waals surface area contributed by atoms with Gasteiger partial charge in [0.1, 0.15) is 17.4 Å². The number of rotatable bonds is 5. The van der Waals surface area contributed by atoms with Crippen LogP contribution in [-0.2, 0) is 11.2 Å². The van der Waals surface area contributed by atoms with E-state index in [0.717, 1.165) is 41.9 Å². The van der Waals surface area contributed by atoms with Gasteiger partial charge in [0.25, 0.3) is 5.91 Å². The molecule has 1 saturated heterocycles. The van der Waals surface area contributed by atoms with Crippen molar-refractivity contribution in [2.45, 2.75) is 32.1 Å². The fourth-order valence-electron chi connectivity index (χ4n) is 3.65. The summed E-state index contributed by atoms with van der Waals surface area (Å²) in [5, 5.41) is 0. The zero-order valence-electron chi connectivity index (χ0n) is 16.0. The molecule has 1 N–H and O–H groups in total. The molecule has 0 aliphatic carbocycles. The number of hydrogen-bond donors (Lipinski definition) is 1. The highest BCUT2D eigenvalue weighted by atomic mass is 19.1. The second-order valence-corrected chi connectivity index (χ2v) is 7.22. The third-order valence-corrected chi connectivity index (χ3v) is 5.39. The zero-order valence-corrected chi connectivity index (χ0v) is 16.0. The first-order valence-electron chi connectivity index (χ1n) is 9.77. The molecule has 0 saturated carbocycles. The van der Waals surface area contributed by atoms with Gasteiger partial charge in [0.15, 0.2) is 6.61 Å². The van der Waals surface area contributed by atoms with Crippen LogP contribution < -0.4 is 4.74 Å². The maximum Gasteiger partial charge on any atom is 0.260 e. The highest BCUT2D eigenvalue weighted by Gasteiger charge is 2.26. The molecule has 0 unspecified atom stereocenters. The number of halogens is 1. The molecule has 4 rings (SSSR count). The van der Waals surface area contributed by atoms with Crippen LogP contribution in [0.1, 0.15) is 37.1 Å². The summed E-state index contributed by atoms with van der Waals surface area (Å²) in [7, 11) is 0. The maximum absolute atomic E-state index is 13.4. The second kappa shape index (κ2) is 8.00. The number of aromatic amines is 1. The van der Waals surface area contributed by atoms with Crippen LogP contribution in [0.5, 0.6) is 5.75 Å². The zero-order chi connectivity index (χ0) is 19.5. The van der Waals surface area contributed by atoms with E-state index in [-0.39, 0.29) is 24.2 Å².